The lowest BCUT2D eigenvalue weighted by Gasteiger charge is -2.06. The van der Waals surface area contributed by atoms with Gasteiger partial charge in [-0.2, -0.15) is 0 Å². The summed E-state index contributed by atoms with van der Waals surface area (Å²) in [7, 11) is -0.134. The molecular weight excluding hydrogens is 262 g/mol. The highest BCUT2D eigenvalue weighted by molar-refractivity contribution is 7.97. The molecule has 1 heterocycles. The first-order valence-corrected chi connectivity index (χ1v) is 7.84. The fourth-order valence-electron chi connectivity index (χ4n) is 2.08. The molecular formula is C18H16NS+. The fraction of sp³-hybridized carbons (Fsp3) is 0.0556. The Balaban J connectivity index is 2.11. The predicted octanol–water partition coefficient (Wildman–Crippen LogP) is 4.49. The molecule has 0 aliphatic carbocycles. The summed E-state index contributed by atoms with van der Waals surface area (Å²) >= 11 is 0. The van der Waals surface area contributed by atoms with Crippen molar-refractivity contribution < 1.29 is 0 Å². The Morgan fingerprint density at radius 1 is 0.700 bits per heavy atom. The zero-order valence-corrected chi connectivity index (χ0v) is 12.2. The van der Waals surface area contributed by atoms with E-state index in [0.29, 0.717) is 0 Å². The Bertz CT molecular complexity index is 623. The molecule has 0 spiro atoms. The van der Waals surface area contributed by atoms with Crippen molar-refractivity contribution in [1.29, 1.82) is 0 Å². The van der Waals surface area contributed by atoms with Crippen LogP contribution in [-0.2, 0) is 10.9 Å². The van der Waals surface area contributed by atoms with Crippen LogP contribution in [0.15, 0.2) is 93.8 Å². The molecule has 3 rings (SSSR count). The van der Waals surface area contributed by atoms with Crippen molar-refractivity contribution in [2.75, 3.05) is 0 Å². The van der Waals surface area contributed by atoms with Crippen LogP contribution in [0.25, 0.3) is 0 Å². The monoisotopic (exact) mass is 278 g/mol. The number of hydrogen-bond donors (Lipinski definition) is 0. The molecule has 0 saturated carbocycles. The van der Waals surface area contributed by atoms with Gasteiger partial charge in [0.25, 0.3) is 5.03 Å². The van der Waals surface area contributed by atoms with Gasteiger partial charge >= 0.3 is 0 Å². The lowest BCUT2D eigenvalue weighted by Crippen LogP contribution is -2.06. The van der Waals surface area contributed by atoms with Crippen LogP contribution in [0.5, 0.6) is 0 Å². The standard InChI is InChI=1S/C18H16NS/c1-15-10-12-17(13-11-15)20(16-7-3-2-4-8-16)18-9-5-6-14-19-18/h2-14H,1H3/q+1. The molecule has 0 saturated heterocycles. The minimum absolute atomic E-state index is 0.134. The molecule has 0 fully saturated rings. The summed E-state index contributed by atoms with van der Waals surface area (Å²) in [4.78, 5) is 7.17. The van der Waals surface area contributed by atoms with E-state index < -0.39 is 0 Å². The summed E-state index contributed by atoms with van der Waals surface area (Å²) in [6.07, 6.45) is 1.87. The summed E-state index contributed by atoms with van der Waals surface area (Å²) in [6, 6.07) is 25.5. The molecule has 1 nitrogen and oxygen atoms in total. The van der Waals surface area contributed by atoms with Crippen LogP contribution in [0.2, 0.25) is 0 Å². The van der Waals surface area contributed by atoms with Crippen LogP contribution in [0.4, 0.5) is 0 Å². The molecule has 0 bridgehead atoms. The molecule has 0 aliphatic heterocycles. The molecule has 20 heavy (non-hydrogen) atoms. The van der Waals surface area contributed by atoms with Gasteiger partial charge in [-0.1, -0.05) is 42.0 Å². The first kappa shape index (κ1) is 12.9. The van der Waals surface area contributed by atoms with Gasteiger partial charge in [-0.3, -0.25) is 0 Å². The van der Waals surface area contributed by atoms with Gasteiger partial charge in [0.05, 0.1) is 0 Å². The third-order valence-electron chi connectivity index (χ3n) is 3.08. The highest BCUT2D eigenvalue weighted by Crippen LogP contribution is 2.29. The average molecular weight is 278 g/mol. The van der Waals surface area contributed by atoms with Gasteiger partial charge in [0.1, 0.15) is 10.9 Å². The molecule has 1 unspecified atom stereocenters. The van der Waals surface area contributed by atoms with E-state index in [2.05, 4.69) is 78.6 Å². The first-order valence-electron chi connectivity index (χ1n) is 6.61. The van der Waals surface area contributed by atoms with E-state index >= 15 is 0 Å². The Morgan fingerprint density at radius 3 is 2.00 bits per heavy atom. The zero-order chi connectivity index (χ0) is 13.8. The second-order valence-corrected chi connectivity index (χ2v) is 6.57. The third-order valence-corrected chi connectivity index (χ3v) is 5.23. The average Bonchev–Trinajstić information content (AvgIpc) is 2.52. The highest BCUT2D eigenvalue weighted by atomic mass is 32.2. The Hall–Kier alpha value is -2.06. The van der Waals surface area contributed by atoms with Gasteiger partial charge in [0.15, 0.2) is 9.79 Å². The maximum atomic E-state index is 4.57. The highest BCUT2D eigenvalue weighted by Gasteiger charge is 2.29. The summed E-state index contributed by atoms with van der Waals surface area (Å²) in [6.45, 7) is 2.12. The van der Waals surface area contributed by atoms with Crippen molar-refractivity contribution in [2.24, 2.45) is 0 Å². The molecule has 1 atom stereocenters. The van der Waals surface area contributed by atoms with Crippen LogP contribution in [0, 0.1) is 6.92 Å². The molecule has 2 aromatic carbocycles. The van der Waals surface area contributed by atoms with E-state index in [1.165, 1.54) is 15.4 Å². The summed E-state index contributed by atoms with van der Waals surface area (Å²) < 4.78 is 0. The van der Waals surface area contributed by atoms with Crippen LogP contribution < -0.4 is 0 Å². The summed E-state index contributed by atoms with van der Waals surface area (Å²) in [5, 5.41) is 1.11. The number of aryl methyl sites for hydroxylation is 1. The van der Waals surface area contributed by atoms with Crippen molar-refractivity contribution >= 4 is 10.9 Å². The number of hydrogen-bond acceptors (Lipinski definition) is 1. The quantitative estimate of drug-likeness (QED) is 0.643. The van der Waals surface area contributed by atoms with Crippen LogP contribution in [0.1, 0.15) is 5.56 Å². The maximum Gasteiger partial charge on any atom is 0.258 e. The normalized spacial score (nSPS) is 12.1. The number of benzene rings is 2. The number of pyridine rings is 1. The second-order valence-electron chi connectivity index (χ2n) is 4.60. The first-order chi connectivity index (χ1) is 9.84. The van der Waals surface area contributed by atoms with Crippen LogP contribution in [0.3, 0.4) is 0 Å². The Morgan fingerprint density at radius 2 is 1.35 bits per heavy atom. The van der Waals surface area contributed by atoms with E-state index in [4.69, 9.17) is 0 Å². The van der Waals surface area contributed by atoms with E-state index in [9.17, 15) is 0 Å². The van der Waals surface area contributed by atoms with E-state index in [0.717, 1.165) is 5.03 Å². The molecule has 98 valence electrons. The largest absolute Gasteiger partial charge is 0.258 e. The topological polar surface area (TPSA) is 12.9 Å². The van der Waals surface area contributed by atoms with Gasteiger partial charge in [0.2, 0.25) is 0 Å². The van der Waals surface area contributed by atoms with Crippen LogP contribution in [-0.4, -0.2) is 4.98 Å². The van der Waals surface area contributed by atoms with Crippen LogP contribution >= 0.6 is 0 Å². The SMILES string of the molecule is Cc1ccc([S+](c2ccccc2)c2ccccn2)cc1. The van der Waals surface area contributed by atoms with Crippen molar-refractivity contribution in [3.63, 3.8) is 0 Å². The minimum atomic E-state index is -0.134. The van der Waals surface area contributed by atoms with Gasteiger partial charge in [-0.15, -0.1) is 0 Å². The number of aromatic nitrogens is 1. The molecule has 1 aromatic heterocycles. The van der Waals surface area contributed by atoms with Gasteiger partial charge in [-0.05, 0) is 37.3 Å². The van der Waals surface area contributed by atoms with Crippen molar-refractivity contribution in [2.45, 2.75) is 21.7 Å². The zero-order valence-electron chi connectivity index (χ0n) is 11.4. The minimum Gasteiger partial charge on any atom is -0.210 e. The van der Waals surface area contributed by atoms with Gasteiger partial charge in [0, 0.05) is 12.3 Å². The van der Waals surface area contributed by atoms with Crippen molar-refractivity contribution in [3.8, 4) is 0 Å². The summed E-state index contributed by atoms with van der Waals surface area (Å²) in [5.74, 6) is 0. The Labute approximate surface area is 122 Å². The van der Waals surface area contributed by atoms with E-state index in [1.54, 1.807) is 0 Å². The maximum absolute atomic E-state index is 4.57. The predicted molar refractivity (Wildman–Crippen MR) is 84.0 cm³/mol. The fourth-order valence-corrected chi connectivity index (χ4v) is 4.05. The smallest absolute Gasteiger partial charge is 0.210 e. The van der Waals surface area contributed by atoms with Crippen molar-refractivity contribution in [1.82, 2.24) is 4.98 Å². The molecule has 0 N–H and O–H groups in total. The van der Waals surface area contributed by atoms with E-state index in [1.807, 2.05) is 12.3 Å². The number of rotatable bonds is 3. The second kappa shape index (κ2) is 5.93. The molecule has 2 heteroatoms. The van der Waals surface area contributed by atoms with Crippen molar-refractivity contribution in [3.05, 3.63) is 84.6 Å². The molecule has 0 aliphatic rings. The molecule has 0 amide bonds. The third kappa shape index (κ3) is 2.75. The molecule has 3 aromatic rings. The van der Waals surface area contributed by atoms with Gasteiger partial charge in [-0.25, -0.2) is 4.98 Å². The number of nitrogens with zero attached hydrogens (tertiary/aromatic N) is 1. The lowest BCUT2D eigenvalue weighted by molar-refractivity contribution is 1.11. The van der Waals surface area contributed by atoms with Gasteiger partial charge < -0.3 is 0 Å². The Kier molecular flexibility index (Phi) is 3.84. The lowest BCUT2D eigenvalue weighted by atomic mass is 10.2. The van der Waals surface area contributed by atoms with E-state index in [-0.39, 0.29) is 10.9 Å². The summed E-state index contributed by atoms with van der Waals surface area (Å²) in [5.41, 5.74) is 1.28. The molecule has 0 radical (unpaired) electrons.